The number of ether oxygens (including phenoxy) is 1. The number of rotatable bonds is 6. The van der Waals surface area contributed by atoms with Gasteiger partial charge in [-0.3, -0.25) is 4.79 Å². The summed E-state index contributed by atoms with van der Waals surface area (Å²) < 4.78 is 5.60. The average molecular weight is 381 g/mol. The Morgan fingerprint density at radius 1 is 1.04 bits per heavy atom. The smallest absolute Gasteiger partial charge is 0.313 e. The highest BCUT2D eigenvalue weighted by Crippen LogP contribution is 2.36. The van der Waals surface area contributed by atoms with E-state index in [1.165, 1.54) is 31.2 Å². The molecule has 2 aromatic carbocycles. The van der Waals surface area contributed by atoms with E-state index in [1.54, 1.807) is 0 Å². The highest BCUT2D eigenvalue weighted by atomic mass is 16.5. The van der Waals surface area contributed by atoms with Crippen LogP contribution in [-0.4, -0.2) is 17.7 Å². The monoisotopic (exact) mass is 380 g/mol. The van der Waals surface area contributed by atoms with Crippen LogP contribution in [0.3, 0.4) is 0 Å². The van der Waals surface area contributed by atoms with Crippen LogP contribution in [0.15, 0.2) is 42.5 Å². The molecule has 0 bridgehead atoms. The standard InChI is InChI=1S/C25H32O3/c1-17(2)25(27)28-24-16-23(13-12-22(24)14-15-26)21-10-8-20(9-11-21)19-6-4-18(3)5-7-19/h8-13,16-19,26H,4-7,14-15H2,1-3H3. The molecule has 0 radical (unpaired) electrons. The van der Waals surface area contributed by atoms with Crippen LogP contribution < -0.4 is 4.74 Å². The molecule has 28 heavy (non-hydrogen) atoms. The molecule has 1 N–H and O–H groups in total. The summed E-state index contributed by atoms with van der Waals surface area (Å²) in [6.07, 6.45) is 5.68. The van der Waals surface area contributed by atoms with Gasteiger partial charge in [-0.05, 0) is 59.4 Å². The molecule has 150 valence electrons. The fraction of sp³-hybridized carbons (Fsp3) is 0.480. The molecule has 2 aromatic rings. The summed E-state index contributed by atoms with van der Waals surface area (Å²) in [5, 5.41) is 9.30. The van der Waals surface area contributed by atoms with E-state index in [4.69, 9.17) is 4.74 Å². The van der Waals surface area contributed by atoms with E-state index >= 15 is 0 Å². The van der Waals surface area contributed by atoms with Gasteiger partial charge in [0.05, 0.1) is 5.92 Å². The normalized spacial score (nSPS) is 19.6. The lowest BCUT2D eigenvalue weighted by Gasteiger charge is -2.26. The predicted molar refractivity (Wildman–Crippen MR) is 114 cm³/mol. The van der Waals surface area contributed by atoms with Crippen molar-refractivity contribution < 1.29 is 14.6 Å². The Bertz CT molecular complexity index is 784. The van der Waals surface area contributed by atoms with Crippen molar-refractivity contribution in [2.24, 2.45) is 11.8 Å². The number of carbonyl (C=O) groups excluding carboxylic acids is 1. The number of hydrogen-bond donors (Lipinski definition) is 1. The molecule has 3 nitrogen and oxygen atoms in total. The Morgan fingerprint density at radius 2 is 1.68 bits per heavy atom. The maximum Gasteiger partial charge on any atom is 0.313 e. The van der Waals surface area contributed by atoms with Crippen LogP contribution in [0.1, 0.15) is 63.5 Å². The van der Waals surface area contributed by atoms with Crippen molar-refractivity contribution >= 4 is 5.97 Å². The van der Waals surface area contributed by atoms with Gasteiger partial charge >= 0.3 is 5.97 Å². The van der Waals surface area contributed by atoms with Crippen LogP contribution in [0.5, 0.6) is 5.75 Å². The van der Waals surface area contributed by atoms with Crippen molar-refractivity contribution in [2.75, 3.05) is 6.61 Å². The van der Waals surface area contributed by atoms with E-state index in [-0.39, 0.29) is 18.5 Å². The Morgan fingerprint density at radius 3 is 2.29 bits per heavy atom. The number of carbonyl (C=O) groups is 1. The minimum atomic E-state index is -0.252. The van der Waals surface area contributed by atoms with Gasteiger partial charge in [0, 0.05) is 6.61 Å². The molecular weight excluding hydrogens is 348 g/mol. The minimum Gasteiger partial charge on any atom is -0.426 e. The summed E-state index contributed by atoms with van der Waals surface area (Å²) in [7, 11) is 0. The van der Waals surface area contributed by atoms with Crippen molar-refractivity contribution in [1.82, 2.24) is 0 Å². The second-order valence-corrected chi connectivity index (χ2v) is 8.45. The first-order chi connectivity index (χ1) is 13.5. The molecule has 1 saturated carbocycles. The largest absolute Gasteiger partial charge is 0.426 e. The van der Waals surface area contributed by atoms with Gasteiger partial charge in [0.1, 0.15) is 5.75 Å². The van der Waals surface area contributed by atoms with Gasteiger partial charge in [-0.15, -0.1) is 0 Å². The number of aliphatic hydroxyl groups is 1. The first-order valence-corrected chi connectivity index (χ1v) is 10.5. The van der Waals surface area contributed by atoms with Gasteiger partial charge in [-0.1, -0.05) is 70.0 Å². The first kappa shape index (κ1) is 20.6. The van der Waals surface area contributed by atoms with Crippen molar-refractivity contribution in [1.29, 1.82) is 0 Å². The van der Waals surface area contributed by atoms with Gasteiger partial charge in [0.15, 0.2) is 0 Å². The second-order valence-electron chi connectivity index (χ2n) is 8.45. The maximum atomic E-state index is 12.1. The maximum absolute atomic E-state index is 12.1. The summed E-state index contributed by atoms with van der Waals surface area (Å²) in [5.74, 6) is 1.65. The number of esters is 1. The molecule has 0 saturated heterocycles. The van der Waals surface area contributed by atoms with Crippen LogP contribution >= 0.6 is 0 Å². The lowest BCUT2D eigenvalue weighted by molar-refractivity contribution is -0.137. The molecule has 1 aliphatic rings. The van der Waals surface area contributed by atoms with Gasteiger partial charge in [-0.25, -0.2) is 0 Å². The Labute approximate surface area is 168 Å². The lowest BCUT2D eigenvalue weighted by Crippen LogP contribution is -2.16. The third kappa shape index (κ3) is 5.02. The van der Waals surface area contributed by atoms with Crippen molar-refractivity contribution in [2.45, 2.75) is 58.8 Å². The van der Waals surface area contributed by atoms with Gasteiger partial charge in [-0.2, -0.15) is 0 Å². The van der Waals surface area contributed by atoms with Gasteiger partial charge < -0.3 is 9.84 Å². The van der Waals surface area contributed by atoms with Crippen molar-refractivity contribution in [3.63, 3.8) is 0 Å². The first-order valence-electron chi connectivity index (χ1n) is 10.5. The Kier molecular flexibility index (Phi) is 6.90. The van der Waals surface area contributed by atoms with Crippen LogP contribution in [0.25, 0.3) is 11.1 Å². The predicted octanol–water partition coefficient (Wildman–Crippen LogP) is 5.74. The summed E-state index contributed by atoms with van der Waals surface area (Å²) in [4.78, 5) is 12.1. The van der Waals surface area contributed by atoms with E-state index in [0.717, 1.165) is 22.6 Å². The molecule has 0 aliphatic heterocycles. The van der Waals surface area contributed by atoms with E-state index in [1.807, 2.05) is 32.0 Å². The summed E-state index contributed by atoms with van der Waals surface area (Å²) in [6.45, 7) is 6.02. The summed E-state index contributed by atoms with van der Waals surface area (Å²) >= 11 is 0. The molecule has 0 spiro atoms. The molecular formula is C25H32O3. The van der Waals surface area contributed by atoms with Crippen LogP contribution in [0.2, 0.25) is 0 Å². The quantitative estimate of drug-likeness (QED) is 0.513. The highest BCUT2D eigenvalue weighted by Gasteiger charge is 2.20. The SMILES string of the molecule is CC1CCC(c2ccc(-c3ccc(CCO)c(OC(=O)C(C)C)c3)cc2)CC1. The minimum absolute atomic E-state index is 0.0281. The molecule has 1 fully saturated rings. The molecule has 1 aliphatic carbocycles. The zero-order valence-corrected chi connectivity index (χ0v) is 17.3. The van der Waals surface area contributed by atoms with E-state index in [9.17, 15) is 9.90 Å². The van der Waals surface area contributed by atoms with Crippen molar-refractivity contribution in [3.05, 3.63) is 53.6 Å². The van der Waals surface area contributed by atoms with E-state index in [2.05, 4.69) is 31.2 Å². The summed E-state index contributed by atoms with van der Waals surface area (Å²) in [5.41, 5.74) is 4.43. The topological polar surface area (TPSA) is 46.5 Å². The molecule has 3 rings (SSSR count). The average Bonchev–Trinajstić information content (AvgIpc) is 2.70. The zero-order chi connectivity index (χ0) is 20.1. The highest BCUT2D eigenvalue weighted by molar-refractivity contribution is 5.76. The second kappa shape index (κ2) is 9.38. The fourth-order valence-electron chi connectivity index (χ4n) is 3.92. The molecule has 0 amide bonds. The van der Waals surface area contributed by atoms with E-state index in [0.29, 0.717) is 18.1 Å². The third-order valence-electron chi connectivity index (χ3n) is 5.86. The fourth-order valence-corrected chi connectivity index (χ4v) is 3.92. The van der Waals surface area contributed by atoms with Crippen LogP contribution in [0, 0.1) is 11.8 Å². The van der Waals surface area contributed by atoms with Crippen LogP contribution in [-0.2, 0) is 11.2 Å². The molecule has 3 heteroatoms. The molecule has 0 unspecified atom stereocenters. The Balaban J connectivity index is 1.81. The molecule has 0 heterocycles. The number of aliphatic hydroxyl groups excluding tert-OH is 1. The van der Waals surface area contributed by atoms with Crippen LogP contribution in [0.4, 0.5) is 0 Å². The lowest BCUT2D eigenvalue weighted by atomic mass is 9.79. The Hall–Kier alpha value is -2.13. The van der Waals surface area contributed by atoms with Crippen molar-refractivity contribution in [3.8, 4) is 16.9 Å². The third-order valence-corrected chi connectivity index (χ3v) is 5.86. The molecule has 0 atom stereocenters. The van der Waals surface area contributed by atoms with Gasteiger partial charge in [0.2, 0.25) is 0 Å². The molecule has 0 aromatic heterocycles. The number of hydrogen-bond acceptors (Lipinski definition) is 3. The number of benzene rings is 2. The summed E-state index contributed by atoms with van der Waals surface area (Å²) in [6, 6.07) is 14.7. The van der Waals surface area contributed by atoms with Gasteiger partial charge in [0.25, 0.3) is 0 Å². The zero-order valence-electron chi connectivity index (χ0n) is 17.3. The van der Waals surface area contributed by atoms with E-state index < -0.39 is 0 Å².